The number of aromatic nitrogens is 1. The Morgan fingerprint density at radius 3 is 3.00 bits per heavy atom. The highest BCUT2D eigenvalue weighted by atomic mass is 35.5. The smallest absolute Gasteiger partial charge is 0.147 e. The molecule has 1 N–H and O–H groups in total. The predicted octanol–water partition coefficient (Wildman–Crippen LogP) is 3.56. The summed E-state index contributed by atoms with van der Waals surface area (Å²) in [5.74, 6) is 2.10. The molecule has 1 fully saturated rings. The Hall–Kier alpha value is -0.450. The van der Waals surface area contributed by atoms with Crippen LogP contribution in [0, 0.1) is 0 Å². The van der Waals surface area contributed by atoms with Gasteiger partial charge in [0.2, 0.25) is 0 Å². The van der Waals surface area contributed by atoms with Crippen molar-refractivity contribution in [2.75, 3.05) is 23.7 Å². The van der Waals surface area contributed by atoms with Gasteiger partial charge in [0, 0.05) is 42.9 Å². The Morgan fingerprint density at radius 2 is 2.35 bits per heavy atom. The Labute approximate surface area is 131 Å². The molecule has 1 aromatic rings. The number of nitrogens with one attached hydrogen (secondary N) is 1. The minimum atomic E-state index is 0.470. The van der Waals surface area contributed by atoms with Gasteiger partial charge in [-0.25, -0.2) is 4.98 Å². The van der Waals surface area contributed by atoms with E-state index in [1.54, 1.807) is 0 Å². The summed E-state index contributed by atoms with van der Waals surface area (Å²) in [7, 11) is 0. The second kappa shape index (κ2) is 7.53. The number of anilines is 1. The molecule has 1 unspecified atom stereocenters. The van der Waals surface area contributed by atoms with Crippen molar-refractivity contribution in [1.29, 1.82) is 0 Å². The molecule has 0 aliphatic carbocycles. The van der Waals surface area contributed by atoms with Gasteiger partial charge in [0.15, 0.2) is 0 Å². The fraction of sp³-hybridized carbons (Fsp3) is 0.667. The molecule has 1 aromatic heterocycles. The quantitative estimate of drug-likeness (QED) is 0.899. The first-order valence-corrected chi connectivity index (χ1v) is 8.77. The van der Waals surface area contributed by atoms with Crippen LogP contribution in [0.3, 0.4) is 0 Å². The van der Waals surface area contributed by atoms with E-state index in [4.69, 9.17) is 11.6 Å². The molecule has 0 saturated carbocycles. The van der Waals surface area contributed by atoms with Crippen LogP contribution in [0.1, 0.15) is 32.8 Å². The molecule has 2 rings (SSSR count). The van der Waals surface area contributed by atoms with Gasteiger partial charge in [-0.1, -0.05) is 32.4 Å². The van der Waals surface area contributed by atoms with Gasteiger partial charge in [-0.05, 0) is 18.1 Å². The van der Waals surface area contributed by atoms with Crippen LogP contribution >= 0.6 is 23.4 Å². The summed E-state index contributed by atoms with van der Waals surface area (Å²) in [5.41, 5.74) is 1.14. The molecule has 112 valence electrons. The summed E-state index contributed by atoms with van der Waals surface area (Å²) >= 11 is 8.49. The molecule has 0 spiro atoms. The number of hydrogen-bond acceptors (Lipinski definition) is 4. The van der Waals surface area contributed by atoms with Gasteiger partial charge in [-0.15, -0.1) is 0 Å². The minimum Gasteiger partial charge on any atom is -0.353 e. The van der Waals surface area contributed by atoms with E-state index >= 15 is 0 Å². The summed E-state index contributed by atoms with van der Waals surface area (Å²) < 4.78 is 0. The van der Waals surface area contributed by atoms with Gasteiger partial charge in [0.1, 0.15) is 5.82 Å². The molecule has 2 heterocycles. The molecule has 5 heteroatoms. The highest BCUT2D eigenvalue weighted by Gasteiger charge is 2.21. The van der Waals surface area contributed by atoms with Crippen molar-refractivity contribution in [1.82, 2.24) is 10.3 Å². The Morgan fingerprint density at radius 1 is 1.55 bits per heavy atom. The molecule has 1 saturated heterocycles. The fourth-order valence-corrected chi connectivity index (χ4v) is 3.77. The molecule has 0 radical (unpaired) electrons. The summed E-state index contributed by atoms with van der Waals surface area (Å²) in [6, 6.07) is 2.51. The first-order valence-electron chi connectivity index (χ1n) is 7.34. The van der Waals surface area contributed by atoms with E-state index in [1.807, 2.05) is 12.3 Å². The normalized spacial score (nSPS) is 19.6. The number of rotatable bonds is 5. The van der Waals surface area contributed by atoms with Crippen molar-refractivity contribution < 1.29 is 0 Å². The van der Waals surface area contributed by atoms with Crippen molar-refractivity contribution in [3.8, 4) is 0 Å². The number of hydrogen-bond donors (Lipinski definition) is 1. The van der Waals surface area contributed by atoms with Crippen molar-refractivity contribution in [3.63, 3.8) is 0 Å². The molecule has 0 amide bonds. The van der Waals surface area contributed by atoms with Gasteiger partial charge < -0.3 is 10.2 Å². The van der Waals surface area contributed by atoms with Crippen LogP contribution in [0.15, 0.2) is 12.3 Å². The lowest BCUT2D eigenvalue weighted by molar-refractivity contribution is 0.588. The van der Waals surface area contributed by atoms with Crippen molar-refractivity contribution in [3.05, 3.63) is 22.8 Å². The highest BCUT2D eigenvalue weighted by Crippen LogP contribution is 2.29. The lowest BCUT2D eigenvalue weighted by atomic mass is 10.2. The Balaban J connectivity index is 2.05. The summed E-state index contributed by atoms with van der Waals surface area (Å²) in [5, 5.41) is 4.86. The lowest BCUT2D eigenvalue weighted by Gasteiger charge is -2.33. The second-order valence-corrected chi connectivity index (χ2v) is 7.35. The summed E-state index contributed by atoms with van der Waals surface area (Å²) in [6.07, 6.45) is 3.15. The van der Waals surface area contributed by atoms with Gasteiger partial charge in [-0.3, -0.25) is 0 Å². The number of nitrogens with zero attached hydrogens (tertiary/aromatic N) is 2. The maximum absolute atomic E-state index is 6.43. The third-order valence-electron chi connectivity index (χ3n) is 3.49. The van der Waals surface area contributed by atoms with E-state index in [2.05, 4.69) is 47.7 Å². The zero-order valence-electron chi connectivity index (χ0n) is 12.5. The molecular weight excluding hydrogens is 290 g/mol. The number of thioether (sulfide) groups is 1. The first kappa shape index (κ1) is 15.9. The molecular formula is C15H24ClN3S. The predicted molar refractivity (Wildman–Crippen MR) is 90.0 cm³/mol. The van der Waals surface area contributed by atoms with Crippen LogP contribution in [0.25, 0.3) is 0 Å². The Kier molecular flexibility index (Phi) is 6.00. The third kappa shape index (κ3) is 4.27. The van der Waals surface area contributed by atoms with E-state index in [0.717, 1.165) is 41.8 Å². The molecule has 0 aromatic carbocycles. The maximum Gasteiger partial charge on any atom is 0.147 e. The molecule has 1 atom stereocenters. The maximum atomic E-state index is 6.43. The molecule has 1 aliphatic rings. The zero-order valence-corrected chi connectivity index (χ0v) is 14.1. The number of pyridine rings is 1. The van der Waals surface area contributed by atoms with Crippen LogP contribution < -0.4 is 10.2 Å². The standard InChI is InChI=1S/C15H24ClN3S/c1-4-13-10-19(5-6-20-13)15-14(16)7-12(9-18-15)8-17-11(2)3/h7,9,11,13,17H,4-6,8,10H2,1-3H3. The van der Waals surface area contributed by atoms with E-state index in [1.165, 1.54) is 6.42 Å². The topological polar surface area (TPSA) is 28.2 Å². The van der Waals surface area contributed by atoms with E-state index in [-0.39, 0.29) is 0 Å². The van der Waals surface area contributed by atoms with Crippen LogP contribution in [0.2, 0.25) is 5.02 Å². The molecule has 3 nitrogen and oxygen atoms in total. The average Bonchev–Trinajstić information content (AvgIpc) is 2.45. The van der Waals surface area contributed by atoms with Crippen molar-refractivity contribution >= 4 is 29.2 Å². The third-order valence-corrected chi connectivity index (χ3v) is 5.14. The van der Waals surface area contributed by atoms with Crippen molar-refractivity contribution in [2.45, 2.75) is 45.0 Å². The highest BCUT2D eigenvalue weighted by molar-refractivity contribution is 8.00. The molecule has 20 heavy (non-hydrogen) atoms. The average molecular weight is 314 g/mol. The summed E-state index contributed by atoms with van der Waals surface area (Å²) in [6.45, 7) is 9.43. The van der Waals surface area contributed by atoms with Crippen LogP contribution in [-0.2, 0) is 6.54 Å². The number of halogens is 1. The van der Waals surface area contributed by atoms with Gasteiger partial charge in [0.25, 0.3) is 0 Å². The van der Waals surface area contributed by atoms with Crippen LogP contribution in [0.4, 0.5) is 5.82 Å². The van der Waals surface area contributed by atoms with Crippen molar-refractivity contribution in [2.24, 2.45) is 0 Å². The van der Waals surface area contributed by atoms with Gasteiger partial charge in [-0.2, -0.15) is 11.8 Å². The van der Waals surface area contributed by atoms with E-state index < -0.39 is 0 Å². The Bertz CT molecular complexity index is 439. The lowest BCUT2D eigenvalue weighted by Crippen LogP contribution is -2.38. The first-order chi connectivity index (χ1) is 9.60. The largest absolute Gasteiger partial charge is 0.353 e. The van der Waals surface area contributed by atoms with Gasteiger partial charge >= 0.3 is 0 Å². The molecule has 0 bridgehead atoms. The molecule has 1 aliphatic heterocycles. The minimum absolute atomic E-state index is 0.470. The van der Waals surface area contributed by atoms with E-state index in [9.17, 15) is 0 Å². The van der Waals surface area contributed by atoms with Crippen LogP contribution in [-0.4, -0.2) is 35.1 Å². The van der Waals surface area contributed by atoms with Crippen LogP contribution in [0.5, 0.6) is 0 Å². The SMILES string of the molecule is CCC1CN(c2ncc(CNC(C)C)cc2Cl)CCS1. The summed E-state index contributed by atoms with van der Waals surface area (Å²) in [4.78, 5) is 6.92. The second-order valence-electron chi connectivity index (χ2n) is 5.53. The zero-order chi connectivity index (χ0) is 14.5. The fourth-order valence-electron chi connectivity index (χ4n) is 2.28. The van der Waals surface area contributed by atoms with Gasteiger partial charge in [0.05, 0.1) is 5.02 Å². The monoisotopic (exact) mass is 313 g/mol. The van der Waals surface area contributed by atoms with E-state index in [0.29, 0.717) is 11.3 Å².